The lowest BCUT2D eigenvalue weighted by Crippen LogP contribution is -2.34. The number of nitrogens with zero attached hydrogens (tertiary/aromatic N) is 2. The van der Waals surface area contributed by atoms with Crippen molar-refractivity contribution >= 4 is 11.0 Å². The molecule has 1 N–H and O–H groups in total. The summed E-state index contributed by atoms with van der Waals surface area (Å²) in [6.45, 7) is 1.79. The van der Waals surface area contributed by atoms with Gasteiger partial charge in [-0.15, -0.1) is 0 Å². The molecule has 4 nitrogen and oxygen atoms in total. The van der Waals surface area contributed by atoms with Crippen LogP contribution in [-0.4, -0.2) is 34.6 Å². The number of H-pyrrole nitrogens is 1. The number of hydrogen-bond donors (Lipinski definition) is 1. The Morgan fingerprint density at radius 2 is 1.84 bits per heavy atom. The molecule has 1 aliphatic heterocycles. The van der Waals surface area contributed by atoms with Gasteiger partial charge in [0.1, 0.15) is 0 Å². The summed E-state index contributed by atoms with van der Waals surface area (Å²) in [6.07, 6.45) is 1.67. The Bertz CT molecular complexity index is 668. The molecular formula is C13H15F2N3O. The second-order valence-electron chi connectivity index (χ2n) is 5.12. The molecule has 1 fully saturated rings. The van der Waals surface area contributed by atoms with Crippen molar-refractivity contribution in [1.82, 2.24) is 14.5 Å². The maximum absolute atomic E-state index is 13.4. The number of aromatic amines is 1. The Morgan fingerprint density at radius 1 is 1.21 bits per heavy atom. The zero-order valence-electron chi connectivity index (χ0n) is 10.6. The van der Waals surface area contributed by atoms with Crippen LogP contribution in [0.2, 0.25) is 0 Å². The Kier molecular flexibility index (Phi) is 2.89. The average Bonchev–Trinajstić information content (AvgIpc) is 2.67. The van der Waals surface area contributed by atoms with Crippen LogP contribution in [0.1, 0.15) is 18.9 Å². The molecule has 0 amide bonds. The van der Waals surface area contributed by atoms with Gasteiger partial charge in [0.2, 0.25) is 0 Å². The Balaban J connectivity index is 2.10. The molecule has 0 saturated carbocycles. The van der Waals surface area contributed by atoms with E-state index in [4.69, 9.17) is 0 Å². The van der Waals surface area contributed by atoms with Gasteiger partial charge >= 0.3 is 5.69 Å². The minimum absolute atomic E-state index is 0.0438. The van der Waals surface area contributed by atoms with Crippen LogP contribution < -0.4 is 5.69 Å². The molecule has 102 valence electrons. The van der Waals surface area contributed by atoms with Crippen LogP contribution in [0.15, 0.2) is 16.9 Å². The van der Waals surface area contributed by atoms with Crippen LogP contribution in [0.4, 0.5) is 8.78 Å². The highest BCUT2D eigenvalue weighted by Crippen LogP contribution is 2.25. The smallest absolute Gasteiger partial charge is 0.306 e. The van der Waals surface area contributed by atoms with Crippen molar-refractivity contribution in [1.29, 1.82) is 0 Å². The fourth-order valence-electron chi connectivity index (χ4n) is 2.74. The number of fused-ring (bicyclic) bond motifs is 1. The second-order valence-corrected chi connectivity index (χ2v) is 5.12. The zero-order valence-corrected chi connectivity index (χ0v) is 10.6. The van der Waals surface area contributed by atoms with E-state index in [9.17, 15) is 13.6 Å². The minimum Gasteiger partial charge on any atom is -0.306 e. The molecular weight excluding hydrogens is 252 g/mol. The normalized spacial score (nSPS) is 18.3. The molecule has 0 bridgehead atoms. The van der Waals surface area contributed by atoms with Crippen LogP contribution in [-0.2, 0) is 0 Å². The molecule has 0 aliphatic carbocycles. The topological polar surface area (TPSA) is 41.0 Å². The second kappa shape index (κ2) is 4.45. The maximum Gasteiger partial charge on any atom is 0.326 e. The average molecular weight is 267 g/mol. The highest BCUT2D eigenvalue weighted by atomic mass is 19.2. The Morgan fingerprint density at radius 3 is 2.53 bits per heavy atom. The first-order valence-corrected chi connectivity index (χ1v) is 6.34. The lowest BCUT2D eigenvalue weighted by molar-refractivity contribution is 0.221. The number of rotatable bonds is 1. The molecule has 0 spiro atoms. The van der Waals surface area contributed by atoms with Gasteiger partial charge in [0.25, 0.3) is 0 Å². The molecule has 1 aromatic heterocycles. The third kappa shape index (κ3) is 2.06. The summed E-state index contributed by atoms with van der Waals surface area (Å²) in [5.41, 5.74) is 0.496. The van der Waals surface area contributed by atoms with Crippen molar-refractivity contribution < 1.29 is 8.78 Å². The van der Waals surface area contributed by atoms with E-state index in [-0.39, 0.29) is 11.7 Å². The van der Waals surface area contributed by atoms with Crippen LogP contribution in [0.25, 0.3) is 11.0 Å². The molecule has 0 radical (unpaired) electrons. The monoisotopic (exact) mass is 267 g/mol. The summed E-state index contributed by atoms with van der Waals surface area (Å²) >= 11 is 0. The van der Waals surface area contributed by atoms with Gasteiger partial charge in [0.05, 0.1) is 11.0 Å². The highest BCUT2D eigenvalue weighted by Gasteiger charge is 2.22. The number of piperidine rings is 1. The van der Waals surface area contributed by atoms with E-state index in [1.165, 1.54) is 0 Å². The van der Waals surface area contributed by atoms with Crippen molar-refractivity contribution in [3.8, 4) is 0 Å². The van der Waals surface area contributed by atoms with E-state index in [1.807, 2.05) is 7.05 Å². The first-order chi connectivity index (χ1) is 9.06. The van der Waals surface area contributed by atoms with Gasteiger partial charge < -0.3 is 9.88 Å². The molecule has 1 aliphatic rings. The molecule has 2 heterocycles. The van der Waals surface area contributed by atoms with Crippen molar-refractivity contribution in [2.24, 2.45) is 0 Å². The van der Waals surface area contributed by atoms with Crippen molar-refractivity contribution in [2.75, 3.05) is 20.1 Å². The lowest BCUT2D eigenvalue weighted by Gasteiger charge is -2.29. The van der Waals surface area contributed by atoms with E-state index < -0.39 is 11.6 Å². The molecule has 0 atom stereocenters. The third-order valence-corrected chi connectivity index (χ3v) is 3.81. The van der Waals surface area contributed by atoms with Crippen LogP contribution in [0, 0.1) is 11.6 Å². The van der Waals surface area contributed by atoms with Crippen molar-refractivity contribution in [3.63, 3.8) is 0 Å². The number of likely N-dealkylation sites (tertiary alicyclic amines) is 1. The standard InChI is InChI=1S/C13H15F2N3O/c1-17-4-2-8(3-5-17)18-12-7-10(15)9(14)6-11(12)16-13(18)19/h6-8H,2-5H2,1H3,(H,16,19). The number of hydrogen-bond acceptors (Lipinski definition) is 2. The van der Waals surface area contributed by atoms with Gasteiger partial charge in [-0.25, -0.2) is 13.6 Å². The van der Waals surface area contributed by atoms with E-state index in [2.05, 4.69) is 9.88 Å². The van der Waals surface area contributed by atoms with Gasteiger partial charge in [0.15, 0.2) is 11.6 Å². The fourth-order valence-corrected chi connectivity index (χ4v) is 2.74. The molecule has 2 aromatic rings. The van der Waals surface area contributed by atoms with Crippen LogP contribution >= 0.6 is 0 Å². The van der Waals surface area contributed by atoms with Gasteiger partial charge in [0, 0.05) is 18.2 Å². The van der Waals surface area contributed by atoms with Crippen LogP contribution in [0.5, 0.6) is 0 Å². The molecule has 0 unspecified atom stereocenters. The predicted molar refractivity (Wildman–Crippen MR) is 68.2 cm³/mol. The largest absolute Gasteiger partial charge is 0.326 e. The quantitative estimate of drug-likeness (QED) is 0.857. The Hall–Kier alpha value is -1.69. The van der Waals surface area contributed by atoms with Gasteiger partial charge in [-0.2, -0.15) is 0 Å². The molecule has 1 aromatic carbocycles. The predicted octanol–water partition coefficient (Wildman–Crippen LogP) is 1.87. The third-order valence-electron chi connectivity index (χ3n) is 3.81. The molecule has 19 heavy (non-hydrogen) atoms. The van der Waals surface area contributed by atoms with Gasteiger partial charge in [-0.3, -0.25) is 4.57 Å². The SMILES string of the molecule is CN1CCC(n2c(=O)[nH]c3cc(F)c(F)cc32)CC1. The number of nitrogens with one attached hydrogen (secondary N) is 1. The van der Waals surface area contributed by atoms with E-state index in [0.717, 1.165) is 38.1 Å². The number of benzene rings is 1. The highest BCUT2D eigenvalue weighted by molar-refractivity contribution is 5.75. The summed E-state index contributed by atoms with van der Waals surface area (Å²) < 4.78 is 28.1. The Labute approximate surface area is 108 Å². The van der Waals surface area contributed by atoms with Gasteiger partial charge in [-0.05, 0) is 33.0 Å². The summed E-state index contributed by atoms with van der Waals surface area (Å²) in [5, 5.41) is 0. The van der Waals surface area contributed by atoms with Crippen molar-refractivity contribution in [3.05, 3.63) is 34.3 Å². The maximum atomic E-state index is 13.4. The summed E-state index contributed by atoms with van der Waals surface area (Å²) in [5.74, 6) is -1.86. The van der Waals surface area contributed by atoms with Gasteiger partial charge in [-0.1, -0.05) is 0 Å². The summed E-state index contributed by atoms with van der Waals surface area (Å²) in [7, 11) is 2.03. The molecule has 3 rings (SSSR count). The van der Waals surface area contributed by atoms with E-state index in [0.29, 0.717) is 11.0 Å². The number of aromatic nitrogens is 2. The first-order valence-electron chi connectivity index (χ1n) is 6.34. The van der Waals surface area contributed by atoms with Crippen molar-refractivity contribution in [2.45, 2.75) is 18.9 Å². The number of halogens is 2. The summed E-state index contributed by atoms with van der Waals surface area (Å²) in [4.78, 5) is 16.8. The number of imidazole rings is 1. The fraction of sp³-hybridized carbons (Fsp3) is 0.462. The van der Waals surface area contributed by atoms with E-state index in [1.54, 1.807) is 4.57 Å². The minimum atomic E-state index is -0.940. The molecule has 1 saturated heterocycles. The lowest BCUT2D eigenvalue weighted by atomic mass is 10.1. The molecule has 6 heteroatoms. The summed E-state index contributed by atoms with van der Waals surface area (Å²) in [6, 6.07) is 2.18. The van der Waals surface area contributed by atoms with Crippen LogP contribution in [0.3, 0.4) is 0 Å². The zero-order chi connectivity index (χ0) is 13.6. The first kappa shape index (κ1) is 12.3. The van der Waals surface area contributed by atoms with E-state index >= 15 is 0 Å².